The Morgan fingerprint density at radius 3 is 2.53 bits per heavy atom. The maximum absolute atomic E-state index is 5.70. The van der Waals surface area contributed by atoms with Crippen LogP contribution in [0, 0.1) is 0 Å². The zero-order chi connectivity index (χ0) is 12.3. The van der Waals surface area contributed by atoms with Gasteiger partial charge in [0.25, 0.3) is 0 Å². The lowest BCUT2D eigenvalue weighted by Gasteiger charge is -2.34. The summed E-state index contributed by atoms with van der Waals surface area (Å²) in [6.45, 7) is 6.98. The Kier molecular flexibility index (Phi) is 3.91. The van der Waals surface area contributed by atoms with E-state index in [-0.39, 0.29) is 0 Å². The van der Waals surface area contributed by atoms with Crippen LogP contribution in [0.25, 0.3) is 0 Å². The molecule has 0 radical (unpaired) electrons. The number of rotatable bonds is 3. The second-order valence-electron chi connectivity index (χ2n) is 4.59. The highest BCUT2D eigenvalue weighted by atomic mass is 16.5. The monoisotopic (exact) mass is 236 g/mol. The summed E-state index contributed by atoms with van der Waals surface area (Å²) in [7, 11) is 1.84. The molecule has 1 aliphatic heterocycles. The number of nitrogens with zero attached hydrogens (tertiary/aromatic N) is 3. The number of nitrogens with one attached hydrogen (secondary N) is 1. The first-order valence-corrected chi connectivity index (χ1v) is 6.04. The SMILES string of the molecule is CNc1cnc(CN2C[C@@H](C)O[C@@H](C)C2)cn1. The van der Waals surface area contributed by atoms with E-state index < -0.39 is 0 Å². The minimum Gasteiger partial charge on any atom is -0.373 e. The van der Waals surface area contributed by atoms with Crippen LogP contribution < -0.4 is 5.32 Å². The molecule has 2 rings (SSSR count). The van der Waals surface area contributed by atoms with Gasteiger partial charge in [-0.15, -0.1) is 0 Å². The Morgan fingerprint density at radius 2 is 2.00 bits per heavy atom. The topological polar surface area (TPSA) is 50.3 Å². The number of anilines is 1. The molecule has 0 bridgehead atoms. The van der Waals surface area contributed by atoms with Gasteiger partial charge in [-0.3, -0.25) is 9.88 Å². The van der Waals surface area contributed by atoms with Gasteiger partial charge in [-0.25, -0.2) is 4.98 Å². The van der Waals surface area contributed by atoms with Gasteiger partial charge in [0.15, 0.2) is 0 Å². The van der Waals surface area contributed by atoms with E-state index in [1.807, 2.05) is 13.2 Å². The van der Waals surface area contributed by atoms with E-state index in [2.05, 4.69) is 34.0 Å². The molecule has 0 aromatic carbocycles. The van der Waals surface area contributed by atoms with Crippen molar-refractivity contribution >= 4 is 5.82 Å². The highest BCUT2D eigenvalue weighted by molar-refractivity contribution is 5.29. The van der Waals surface area contributed by atoms with Gasteiger partial charge < -0.3 is 10.1 Å². The quantitative estimate of drug-likeness (QED) is 0.852. The van der Waals surface area contributed by atoms with Gasteiger partial charge in [0.2, 0.25) is 0 Å². The number of hydrogen-bond acceptors (Lipinski definition) is 5. The molecule has 17 heavy (non-hydrogen) atoms. The molecule has 1 N–H and O–H groups in total. The molecular formula is C12H20N4O. The summed E-state index contributed by atoms with van der Waals surface area (Å²) in [5.41, 5.74) is 1.00. The zero-order valence-electron chi connectivity index (χ0n) is 10.7. The van der Waals surface area contributed by atoms with Crippen LogP contribution in [0.15, 0.2) is 12.4 Å². The first-order valence-electron chi connectivity index (χ1n) is 6.04. The van der Waals surface area contributed by atoms with Gasteiger partial charge in [-0.05, 0) is 13.8 Å². The molecule has 1 fully saturated rings. The summed E-state index contributed by atoms with van der Waals surface area (Å²) in [6.07, 6.45) is 4.19. The second-order valence-corrected chi connectivity index (χ2v) is 4.59. The predicted octanol–water partition coefficient (Wildman–Crippen LogP) is 1.13. The van der Waals surface area contributed by atoms with Crippen molar-refractivity contribution in [2.75, 3.05) is 25.5 Å². The van der Waals surface area contributed by atoms with Crippen molar-refractivity contribution in [1.82, 2.24) is 14.9 Å². The fourth-order valence-electron chi connectivity index (χ4n) is 2.21. The van der Waals surface area contributed by atoms with Gasteiger partial charge in [-0.1, -0.05) is 0 Å². The molecule has 2 atom stereocenters. The Morgan fingerprint density at radius 1 is 1.29 bits per heavy atom. The first-order chi connectivity index (χ1) is 8.17. The van der Waals surface area contributed by atoms with E-state index >= 15 is 0 Å². The Bertz CT molecular complexity index is 344. The van der Waals surface area contributed by atoms with Gasteiger partial charge in [0.1, 0.15) is 5.82 Å². The lowest BCUT2D eigenvalue weighted by Crippen LogP contribution is -2.44. The Hall–Kier alpha value is -1.20. The van der Waals surface area contributed by atoms with Crippen LogP contribution in [0.2, 0.25) is 0 Å². The third-order valence-corrected chi connectivity index (χ3v) is 2.84. The van der Waals surface area contributed by atoms with E-state index in [1.54, 1.807) is 6.20 Å². The van der Waals surface area contributed by atoms with Crippen LogP contribution in [0.4, 0.5) is 5.82 Å². The molecule has 0 aliphatic carbocycles. The van der Waals surface area contributed by atoms with Crippen LogP contribution >= 0.6 is 0 Å². The molecule has 5 nitrogen and oxygen atoms in total. The van der Waals surface area contributed by atoms with Gasteiger partial charge in [0.05, 0.1) is 30.3 Å². The van der Waals surface area contributed by atoms with Crippen LogP contribution in [-0.4, -0.2) is 47.2 Å². The van der Waals surface area contributed by atoms with Crippen LogP contribution in [0.5, 0.6) is 0 Å². The normalized spacial score (nSPS) is 25.8. The van der Waals surface area contributed by atoms with Gasteiger partial charge in [0, 0.05) is 26.7 Å². The maximum Gasteiger partial charge on any atom is 0.144 e. The maximum atomic E-state index is 5.70. The molecule has 0 saturated carbocycles. The predicted molar refractivity (Wildman–Crippen MR) is 66.9 cm³/mol. The average molecular weight is 236 g/mol. The number of hydrogen-bond donors (Lipinski definition) is 1. The number of ether oxygens (including phenoxy) is 1. The summed E-state index contributed by atoms with van der Waals surface area (Å²) in [5.74, 6) is 0.803. The van der Waals surface area contributed by atoms with Crippen LogP contribution in [0.1, 0.15) is 19.5 Å². The highest BCUT2D eigenvalue weighted by Gasteiger charge is 2.22. The Labute approximate surface area is 102 Å². The smallest absolute Gasteiger partial charge is 0.144 e. The van der Waals surface area contributed by atoms with Crippen molar-refractivity contribution in [3.63, 3.8) is 0 Å². The summed E-state index contributed by atoms with van der Waals surface area (Å²) in [5, 5.41) is 2.96. The third-order valence-electron chi connectivity index (χ3n) is 2.84. The van der Waals surface area contributed by atoms with E-state index in [4.69, 9.17) is 4.74 Å². The average Bonchev–Trinajstić information content (AvgIpc) is 2.28. The lowest BCUT2D eigenvalue weighted by molar-refractivity contribution is -0.0707. The largest absolute Gasteiger partial charge is 0.373 e. The Balaban J connectivity index is 1.95. The zero-order valence-corrected chi connectivity index (χ0v) is 10.7. The molecule has 1 saturated heterocycles. The minimum atomic E-state index is 0.295. The van der Waals surface area contributed by atoms with Gasteiger partial charge in [-0.2, -0.15) is 0 Å². The molecular weight excluding hydrogens is 216 g/mol. The molecule has 1 aromatic heterocycles. The third kappa shape index (κ3) is 3.38. The first kappa shape index (κ1) is 12.3. The fourth-order valence-corrected chi connectivity index (χ4v) is 2.21. The molecule has 5 heteroatoms. The van der Waals surface area contributed by atoms with Crippen LogP contribution in [-0.2, 0) is 11.3 Å². The fraction of sp³-hybridized carbons (Fsp3) is 0.667. The second kappa shape index (κ2) is 5.42. The highest BCUT2D eigenvalue weighted by Crippen LogP contribution is 2.13. The van der Waals surface area contributed by atoms with Gasteiger partial charge >= 0.3 is 0 Å². The lowest BCUT2D eigenvalue weighted by atomic mass is 10.2. The van der Waals surface area contributed by atoms with Crippen molar-refractivity contribution < 1.29 is 4.74 Å². The summed E-state index contributed by atoms with van der Waals surface area (Å²) < 4.78 is 5.70. The summed E-state index contributed by atoms with van der Waals surface area (Å²) in [4.78, 5) is 11.0. The molecule has 94 valence electrons. The summed E-state index contributed by atoms with van der Waals surface area (Å²) in [6, 6.07) is 0. The molecule has 0 unspecified atom stereocenters. The van der Waals surface area contributed by atoms with Crippen molar-refractivity contribution in [2.45, 2.75) is 32.6 Å². The molecule has 1 aliphatic rings. The summed E-state index contributed by atoms with van der Waals surface area (Å²) >= 11 is 0. The molecule has 0 spiro atoms. The molecule has 1 aromatic rings. The minimum absolute atomic E-state index is 0.295. The van der Waals surface area contributed by atoms with E-state index in [1.165, 1.54) is 0 Å². The van der Waals surface area contributed by atoms with E-state index in [0.717, 1.165) is 31.1 Å². The van der Waals surface area contributed by atoms with Crippen molar-refractivity contribution in [3.05, 3.63) is 18.1 Å². The number of morpholine rings is 1. The van der Waals surface area contributed by atoms with Crippen molar-refractivity contribution in [1.29, 1.82) is 0 Å². The number of aromatic nitrogens is 2. The van der Waals surface area contributed by atoms with Crippen LogP contribution in [0.3, 0.4) is 0 Å². The van der Waals surface area contributed by atoms with Crippen molar-refractivity contribution in [2.24, 2.45) is 0 Å². The molecule has 0 amide bonds. The molecule has 2 heterocycles. The van der Waals surface area contributed by atoms with E-state index in [9.17, 15) is 0 Å². The standard InChI is InChI=1S/C12H20N4O/c1-9-6-16(7-10(2)17-9)8-11-4-15-12(13-3)5-14-11/h4-5,9-10H,6-8H2,1-3H3,(H,13,15)/t9-,10+. The van der Waals surface area contributed by atoms with Crippen molar-refractivity contribution in [3.8, 4) is 0 Å². The van der Waals surface area contributed by atoms with E-state index in [0.29, 0.717) is 12.2 Å².